The SMILES string of the molecule is Cc1ccc(N2CC(C)(C)NCCC2C)cc1Br. The van der Waals surface area contributed by atoms with E-state index in [9.17, 15) is 0 Å². The second-order valence-electron chi connectivity index (χ2n) is 6.01. The van der Waals surface area contributed by atoms with Gasteiger partial charge in [0.25, 0.3) is 0 Å². The van der Waals surface area contributed by atoms with Crippen molar-refractivity contribution in [2.45, 2.75) is 45.7 Å². The lowest BCUT2D eigenvalue weighted by atomic mass is 10.0. The Hall–Kier alpha value is -0.540. The lowest BCUT2D eigenvalue weighted by Gasteiger charge is -2.35. The van der Waals surface area contributed by atoms with Crippen molar-refractivity contribution >= 4 is 21.6 Å². The Morgan fingerprint density at radius 1 is 1.39 bits per heavy atom. The molecule has 0 bridgehead atoms. The monoisotopic (exact) mass is 310 g/mol. The van der Waals surface area contributed by atoms with Crippen molar-refractivity contribution in [3.05, 3.63) is 28.2 Å². The van der Waals surface area contributed by atoms with Crippen LogP contribution in [0.5, 0.6) is 0 Å². The first-order valence-electron chi connectivity index (χ1n) is 6.67. The summed E-state index contributed by atoms with van der Waals surface area (Å²) < 4.78 is 1.20. The lowest BCUT2D eigenvalue weighted by Crippen LogP contribution is -2.47. The molecule has 18 heavy (non-hydrogen) atoms. The van der Waals surface area contributed by atoms with Crippen LogP contribution in [0.4, 0.5) is 5.69 Å². The highest BCUT2D eigenvalue weighted by molar-refractivity contribution is 9.10. The van der Waals surface area contributed by atoms with Crippen LogP contribution in [0.25, 0.3) is 0 Å². The third-order valence-electron chi connectivity index (χ3n) is 3.75. The Morgan fingerprint density at radius 3 is 2.78 bits per heavy atom. The third kappa shape index (κ3) is 3.07. The zero-order chi connectivity index (χ0) is 13.3. The van der Waals surface area contributed by atoms with E-state index in [0.29, 0.717) is 6.04 Å². The Morgan fingerprint density at radius 2 is 2.11 bits per heavy atom. The number of hydrogen-bond acceptors (Lipinski definition) is 2. The standard InChI is InChI=1S/C15H23BrN2/c1-11-5-6-13(9-14(11)16)18-10-15(3,4)17-8-7-12(18)2/h5-6,9,12,17H,7-8,10H2,1-4H3. The van der Waals surface area contributed by atoms with E-state index in [2.05, 4.69) is 72.0 Å². The van der Waals surface area contributed by atoms with Gasteiger partial charge in [-0.05, 0) is 58.4 Å². The van der Waals surface area contributed by atoms with Gasteiger partial charge >= 0.3 is 0 Å². The summed E-state index contributed by atoms with van der Waals surface area (Å²) in [6, 6.07) is 7.25. The maximum atomic E-state index is 3.64. The molecule has 1 aliphatic heterocycles. The topological polar surface area (TPSA) is 15.3 Å². The molecule has 0 aliphatic carbocycles. The first-order chi connectivity index (χ1) is 8.39. The molecule has 0 radical (unpaired) electrons. The highest BCUT2D eigenvalue weighted by Gasteiger charge is 2.28. The van der Waals surface area contributed by atoms with Gasteiger partial charge in [0.15, 0.2) is 0 Å². The summed E-state index contributed by atoms with van der Waals surface area (Å²) in [6.07, 6.45) is 1.19. The summed E-state index contributed by atoms with van der Waals surface area (Å²) in [4.78, 5) is 2.52. The Kier molecular flexibility index (Phi) is 4.02. The molecule has 1 aromatic rings. The van der Waals surface area contributed by atoms with Crippen molar-refractivity contribution in [1.82, 2.24) is 5.32 Å². The largest absolute Gasteiger partial charge is 0.367 e. The number of nitrogens with one attached hydrogen (secondary N) is 1. The second kappa shape index (κ2) is 5.22. The number of nitrogens with zero attached hydrogens (tertiary/aromatic N) is 1. The highest BCUT2D eigenvalue weighted by Crippen LogP contribution is 2.28. The smallest absolute Gasteiger partial charge is 0.0380 e. The fraction of sp³-hybridized carbons (Fsp3) is 0.600. The molecular weight excluding hydrogens is 288 g/mol. The molecular formula is C15H23BrN2. The molecule has 100 valence electrons. The van der Waals surface area contributed by atoms with Gasteiger partial charge in [0, 0.05) is 28.3 Å². The molecule has 1 N–H and O–H groups in total. The van der Waals surface area contributed by atoms with Crippen molar-refractivity contribution < 1.29 is 0 Å². The fourth-order valence-electron chi connectivity index (χ4n) is 2.52. The van der Waals surface area contributed by atoms with Gasteiger partial charge in [-0.25, -0.2) is 0 Å². The Bertz CT molecular complexity index is 429. The van der Waals surface area contributed by atoms with Gasteiger partial charge in [-0.15, -0.1) is 0 Å². The molecule has 1 atom stereocenters. The molecule has 1 aliphatic rings. The van der Waals surface area contributed by atoms with Crippen LogP contribution in [0.2, 0.25) is 0 Å². The number of hydrogen-bond donors (Lipinski definition) is 1. The van der Waals surface area contributed by atoms with Gasteiger partial charge in [0.1, 0.15) is 0 Å². The minimum Gasteiger partial charge on any atom is -0.367 e. The van der Waals surface area contributed by atoms with E-state index in [1.165, 1.54) is 22.1 Å². The molecule has 0 saturated carbocycles. The Balaban J connectivity index is 2.30. The maximum Gasteiger partial charge on any atom is 0.0380 e. The van der Waals surface area contributed by atoms with Gasteiger partial charge in [-0.3, -0.25) is 0 Å². The van der Waals surface area contributed by atoms with Crippen LogP contribution in [0.3, 0.4) is 0 Å². The van der Waals surface area contributed by atoms with Crippen molar-refractivity contribution in [2.75, 3.05) is 18.0 Å². The first kappa shape index (κ1) is 13.9. The third-order valence-corrected chi connectivity index (χ3v) is 4.60. The number of rotatable bonds is 1. The molecule has 1 aromatic carbocycles. The normalized spacial score (nSPS) is 23.8. The van der Waals surface area contributed by atoms with Crippen LogP contribution in [-0.4, -0.2) is 24.7 Å². The minimum atomic E-state index is 0.169. The van der Waals surface area contributed by atoms with Crippen molar-refractivity contribution in [3.63, 3.8) is 0 Å². The first-order valence-corrected chi connectivity index (χ1v) is 7.46. The molecule has 0 amide bonds. The predicted octanol–water partition coefficient (Wildman–Crippen LogP) is 3.72. The lowest BCUT2D eigenvalue weighted by molar-refractivity contribution is 0.415. The zero-order valence-corrected chi connectivity index (χ0v) is 13.3. The summed E-state index contributed by atoms with van der Waals surface area (Å²) in [5.74, 6) is 0. The van der Waals surface area contributed by atoms with Crippen molar-refractivity contribution in [1.29, 1.82) is 0 Å². The van der Waals surface area contributed by atoms with Crippen molar-refractivity contribution in [3.8, 4) is 0 Å². The maximum absolute atomic E-state index is 3.64. The molecule has 3 heteroatoms. The molecule has 0 spiro atoms. The number of halogens is 1. The molecule has 1 saturated heterocycles. The van der Waals surface area contributed by atoms with Gasteiger partial charge in [0.05, 0.1) is 0 Å². The summed E-state index contributed by atoms with van der Waals surface area (Å²) >= 11 is 3.64. The Labute approximate surface area is 119 Å². The van der Waals surface area contributed by atoms with E-state index < -0.39 is 0 Å². The van der Waals surface area contributed by atoms with E-state index in [-0.39, 0.29) is 5.54 Å². The summed E-state index contributed by atoms with van der Waals surface area (Å²) in [5.41, 5.74) is 2.78. The summed E-state index contributed by atoms with van der Waals surface area (Å²) in [5, 5.41) is 3.62. The van der Waals surface area contributed by atoms with Crippen molar-refractivity contribution in [2.24, 2.45) is 0 Å². The van der Waals surface area contributed by atoms with Gasteiger partial charge in [-0.1, -0.05) is 22.0 Å². The number of aryl methyl sites for hydroxylation is 1. The summed E-state index contributed by atoms with van der Waals surface area (Å²) in [6.45, 7) is 11.1. The molecule has 1 fully saturated rings. The molecule has 1 heterocycles. The van der Waals surface area contributed by atoms with Gasteiger partial charge in [-0.2, -0.15) is 0 Å². The van der Waals surface area contributed by atoms with E-state index in [0.717, 1.165) is 13.1 Å². The van der Waals surface area contributed by atoms with E-state index >= 15 is 0 Å². The predicted molar refractivity (Wildman–Crippen MR) is 82.4 cm³/mol. The molecule has 1 unspecified atom stereocenters. The van der Waals surface area contributed by atoms with Gasteiger partial charge < -0.3 is 10.2 Å². The van der Waals surface area contributed by atoms with Crippen LogP contribution in [0.15, 0.2) is 22.7 Å². The van der Waals surface area contributed by atoms with Gasteiger partial charge in [0.2, 0.25) is 0 Å². The number of benzene rings is 1. The van der Waals surface area contributed by atoms with Crippen LogP contribution >= 0.6 is 15.9 Å². The van der Waals surface area contributed by atoms with E-state index in [4.69, 9.17) is 0 Å². The average Bonchev–Trinajstić information content (AvgIpc) is 2.42. The van der Waals surface area contributed by atoms with Crippen LogP contribution < -0.4 is 10.2 Å². The quantitative estimate of drug-likeness (QED) is 0.850. The molecule has 0 aromatic heterocycles. The highest BCUT2D eigenvalue weighted by atomic mass is 79.9. The number of anilines is 1. The average molecular weight is 311 g/mol. The molecule has 2 rings (SSSR count). The van der Waals surface area contributed by atoms with E-state index in [1.807, 2.05) is 0 Å². The van der Waals surface area contributed by atoms with Crippen LogP contribution in [0, 0.1) is 6.92 Å². The zero-order valence-electron chi connectivity index (χ0n) is 11.8. The minimum absolute atomic E-state index is 0.169. The van der Waals surface area contributed by atoms with E-state index in [1.54, 1.807) is 0 Å². The second-order valence-corrected chi connectivity index (χ2v) is 6.86. The summed E-state index contributed by atoms with van der Waals surface area (Å²) in [7, 11) is 0. The van der Waals surface area contributed by atoms with Crippen LogP contribution in [0.1, 0.15) is 32.8 Å². The molecule has 2 nitrogen and oxygen atoms in total. The fourth-order valence-corrected chi connectivity index (χ4v) is 2.89. The van der Waals surface area contributed by atoms with Crippen LogP contribution in [-0.2, 0) is 0 Å².